The van der Waals surface area contributed by atoms with Gasteiger partial charge in [-0.25, -0.2) is 4.79 Å². The molecule has 0 bridgehead atoms. The summed E-state index contributed by atoms with van der Waals surface area (Å²) in [4.78, 5) is 20.3. The van der Waals surface area contributed by atoms with Crippen LogP contribution in [0.25, 0.3) is 0 Å². The van der Waals surface area contributed by atoms with Crippen LogP contribution in [0.15, 0.2) is 35.0 Å². The Morgan fingerprint density at radius 2 is 2.17 bits per heavy atom. The van der Waals surface area contributed by atoms with Crippen LogP contribution in [0.2, 0.25) is 0 Å². The highest BCUT2D eigenvalue weighted by atomic mass is 16.5. The molecule has 4 rings (SSSR count). The highest BCUT2D eigenvalue weighted by Crippen LogP contribution is 2.52. The Morgan fingerprint density at radius 3 is 2.83 bits per heavy atom. The van der Waals surface area contributed by atoms with Gasteiger partial charge in [0.2, 0.25) is 0 Å². The number of piperidine rings is 2. The fraction of sp³-hybridized carbons (Fsp3) is 0.565. The minimum Gasteiger partial charge on any atom is -0.504 e. The maximum absolute atomic E-state index is 12.6. The first-order valence-corrected chi connectivity index (χ1v) is 10.8. The summed E-state index contributed by atoms with van der Waals surface area (Å²) in [6.07, 6.45) is 4.44. The number of hydrogen-bond donors (Lipinski definition) is 0. The summed E-state index contributed by atoms with van der Waals surface area (Å²) in [5.41, 5.74) is 3.85. The fourth-order valence-electron chi connectivity index (χ4n) is 5.81. The largest absolute Gasteiger partial charge is 0.504 e. The molecule has 0 aromatic heterocycles. The SMILES string of the molecule is BC12CC(/C(=C\OC)C(=O)OC)C(CC)CN1CCC1C2=Nc2cccc(OC)c21. The fourth-order valence-corrected chi connectivity index (χ4v) is 5.81. The Bertz CT molecular complexity index is 899. The third kappa shape index (κ3) is 3.14. The van der Waals surface area contributed by atoms with Gasteiger partial charge in [0.15, 0.2) is 0 Å². The maximum atomic E-state index is 12.6. The van der Waals surface area contributed by atoms with Gasteiger partial charge in [-0.15, -0.1) is 0 Å². The van der Waals surface area contributed by atoms with Crippen molar-refractivity contribution in [2.45, 2.75) is 37.5 Å². The molecular formula is C23H31BN2O4. The van der Waals surface area contributed by atoms with Gasteiger partial charge < -0.3 is 14.2 Å². The van der Waals surface area contributed by atoms with Crippen molar-refractivity contribution in [2.75, 3.05) is 34.4 Å². The topological polar surface area (TPSA) is 60.4 Å². The molecule has 0 amide bonds. The van der Waals surface area contributed by atoms with E-state index in [-0.39, 0.29) is 23.2 Å². The van der Waals surface area contributed by atoms with Crippen molar-refractivity contribution in [3.8, 4) is 5.75 Å². The molecule has 2 saturated heterocycles. The third-order valence-electron chi connectivity index (χ3n) is 7.35. The number of rotatable bonds is 5. The van der Waals surface area contributed by atoms with E-state index in [0.717, 1.165) is 43.8 Å². The number of ether oxygens (including phenoxy) is 3. The first-order valence-electron chi connectivity index (χ1n) is 10.8. The average Bonchev–Trinajstić information content (AvgIpc) is 3.16. The number of hydrogen-bond acceptors (Lipinski definition) is 6. The lowest BCUT2D eigenvalue weighted by molar-refractivity contribution is -0.137. The van der Waals surface area contributed by atoms with E-state index in [1.165, 1.54) is 18.4 Å². The molecule has 0 spiro atoms. The number of aliphatic imine (C=N–C) groups is 1. The number of fused-ring (bicyclic) bond motifs is 5. The van der Waals surface area contributed by atoms with Crippen molar-refractivity contribution in [2.24, 2.45) is 16.8 Å². The number of methoxy groups -OCH3 is 3. The number of carbonyl (C=O) groups excluding carboxylic acids is 1. The van der Waals surface area contributed by atoms with Crippen LogP contribution in [-0.4, -0.2) is 64.3 Å². The van der Waals surface area contributed by atoms with Gasteiger partial charge in [0, 0.05) is 29.2 Å². The van der Waals surface area contributed by atoms with Crippen LogP contribution in [0.4, 0.5) is 5.69 Å². The van der Waals surface area contributed by atoms with E-state index in [0.29, 0.717) is 11.5 Å². The summed E-state index contributed by atoms with van der Waals surface area (Å²) in [7, 11) is 7.04. The second-order valence-electron chi connectivity index (χ2n) is 8.73. The summed E-state index contributed by atoms with van der Waals surface area (Å²) >= 11 is 0. The van der Waals surface area contributed by atoms with Crippen LogP contribution in [-0.2, 0) is 14.3 Å². The molecule has 1 aromatic rings. The molecule has 30 heavy (non-hydrogen) atoms. The van der Waals surface area contributed by atoms with Gasteiger partial charge in [0.05, 0.1) is 38.9 Å². The summed E-state index contributed by atoms with van der Waals surface area (Å²) in [5.74, 6) is 1.32. The monoisotopic (exact) mass is 410 g/mol. The molecule has 0 N–H and O–H groups in total. The number of esters is 1. The maximum Gasteiger partial charge on any atom is 0.337 e. The molecule has 7 heteroatoms. The zero-order valence-corrected chi connectivity index (χ0v) is 18.6. The highest BCUT2D eigenvalue weighted by Gasteiger charge is 2.53. The Balaban J connectivity index is 1.74. The lowest BCUT2D eigenvalue weighted by Crippen LogP contribution is -2.65. The van der Waals surface area contributed by atoms with E-state index < -0.39 is 0 Å². The van der Waals surface area contributed by atoms with Gasteiger partial charge in [-0.2, -0.15) is 0 Å². The predicted molar refractivity (Wildman–Crippen MR) is 119 cm³/mol. The van der Waals surface area contributed by atoms with Crippen LogP contribution in [0.5, 0.6) is 5.75 Å². The second kappa shape index (κ2) is 8.10. The minimum atomic E-state index is -0.303. The van der Waals surface area contributed by atoms with Gasteiger partial charge in [0.25, 0.3) is 0 Å². The summed E-state index contributed by atoms with van der Waals surface area (Å²) < 4.78 is 16.1. The molecule has 0 aliphatic carbocycles. The van der Waals surface area contributed by atoms with Gasteiger partial charge in [-0.3, -0.25) is 9.89 Å². The molecule has 3 aliphatic heterocycles. The molecule has 4 unspecified atom stereocenters. The molecule has 6 nitrogen and oxygen atoms in total. The third-order valence-corrected chi connectivity index (χ3v) is 7.35. The van der Waals surface area contributed by atoms with Gasteiger partial charge in [-0.1, -0.05) is 19.4 Å². The summed E-state index contributed by atoms with van der Waals surface area (Å²) in [5, 5.41) is 0. The molecule has 3 heterocycles. The predicted octanol–water partition coefficient (Wildman–Crippen LogP) is 2.65. The summed E-state index contributed by atoms with van der Waals surface area (Å²) in [6.45, 7) is 4.15. The molecule has 3 aliphatic rings. The van der Waals surface area contributed by atoms with E-state index in [2.05, 4.69) is 25.7 Å². The lowest BCUT2D eigenvalue weighted by Gasteiger charge is -2.55. The van der Waals surface area contributed by atoms with Crippen molar-refractivity contribution in [1.82, 2.24) is 4.90 Å². The first-order chi connectivity index (χ1) is 14.5. The molecule has 0 saturated carbocycles. The molecule has 4 atom stereocenters. The Kier molecular flexibility index (Phi) is 5.66. The van der Waals surface area contributed by atoms with E-state index in [4.69, 9.17) is 19.2 Å². The van der Waals surface area contributed by atoms with Crippen LogP contribution < -0.4 is 4.74 Å². The van der Waals surface area contributed by atoms with Crippen molar-refractivity contribution >= 4 is 25.2 Å². The Hall–Kier alpha value is -2.28. The van der Waals surface area contributed by atoms with Crippen molar-refractivity contribution in [1.29, 1.82) is 0 Å². The van der Waals surface area contributed by atoms with Crippen molar-refractivity contribution < 1.29 is 19.0 Å². The zero-order chi connectivity index (χ0) is 21.5. The second-order valence-corrected chi connectivity index (χ2v) is 8.73. The van der Waals surface area contributed by atoms with E-state index in [1.807, 2.05) is 12.1 Å². The molecular weight excluding hydrogens is 379 g/mol. The van der Waals surface area contributed by atoms with E-state index >= 15 is 0 Å². The summed E-state index contributed by atoms with van der Waals surface area (Å²) in [6, 6.07) is 6.11. The van der Waals surface area contributed by atoms with Crippen molar-refractivity contribution in [3.05, 3.63) is 35.6 Å². The molecule has 1 aromatic carbocycles. The van der Waals surface area contributed by atoms with Crippen LogP contribution >= 0.6 is 0 Å². The molecule has 0 radical (unpaired) electrons. The highest BCUT2D eigenvalue weighted by molar-refractivity contribution is 6.32. The number of benzene rings is 1. The van der Waals surface area contributed by atoms with Gasteiger partial charge in [0.1, 0.15) is 13.6 Å². The quantitative estimate of drug-likeness (QED) is 0.323. The Morgan fingerprint density at radius 1 is 1.37 bits per heavy atom. The average molecular weight is 410 g/mol. The minimum absolute atomic E-state index is 0.0655. The first kappa shape index (κ1) is 21.0. The van der Waals surface area contributed by atoms with Crippen LogP contribution in [0.3, 0.4) is 0 Å². The van der Waals surface area contributed by atoms with Crippen LogP contribution in [0, 0.1) is 11.8 Å². The molecule has 160 valence electrons. The smallest absolute Gasteiger partial charge is 0.337 e. The van der Waals surface area contributed by atoms with Crippen LogP contribution in [0.1, 0.15) is 37.7 Å². The number of carbonyl (C=O) groups is 1. The zero-order valence-electron chi connectivity index (χ0n) is 18.6. The Labute approximate surface area is 179 Å². The van der Waals surface area contributed by atoms with E-state index in [9.17, 15) is 4.79 Å². The lowest BCUT2D eigenvalue weighted by atomic mass is 9.56. The van der Waals surface area contributed by atoms with Gasteiger partial charge in [-0.05, 0) is 43.4 Å². The van der Waals surface area contributed by atoms with E-state index in [1.54, 1.807) is 20.5 Å². The standard InChI is InChI=1S/C23H31BN2O4/c1-5-14-12-26-10-9-15-20-18(7-6-8-19(20)29-3)25-21(15)23(26,24)11-16(14)17(13-28-2)22(27)30-4/h6-8,13-16H,5,9-12,24H2,1-4H3/b17-13+. The number of nitrogens with zero attached hydrogens (tertiary/aromatic N) is 2. The van der Waals surface area contributed by atoms with Gasteiger partial charge >= 0.3 is 5.97 Å². The molecule has 2 fully saturated rings. The van der Waals surface area contributed by atoms with Crippen molar-refractivity contribution in [3.63, 3.8) is 0 Å². The normalized spacial score (nSPS) is 30.6.